The van der Waals surface area contributed by atoms with E-state index in [1.54, 1.807) is 20.8 Å². The molecule has 0 saturated carbocycles. The average Bonchev–Trinajstić information content (AvgIpc) is 2.79. The molecular weight excluding hydrogens is 472 g/mol. The summed E-state index contributed by atoms with van der Waals surface area (Å²) >= 11 is 0. The van der Waals surface area contributed by atoms with Gasteiger partial charge in [-0.15, -0.1) is 6.58 Å². The van der Waals surface area contributed by atoms with Crippen LogP contribution in [0.5, 0.6) is 0 Å². The number of nitrogens with two attached hydrogens (primary N) is 1. The number of nitrogens with one attached hydrogen (secondary N) is 2. The van der Waals surface area contributed by atoms with E-state index in [-0.39, 0.29) is 25.3 Å². The number of aryl methyl sites for hydroxylation is 2. The number of carbonyl (C=O) groups is 4. The first kappa shape index (κ1) is 31.7. The summed E-state index contributed by atoms with van der Waals surface area (Å²) in [6, 6.07) is 3.51. The van der Waals surface area contributed by atoms with Gasteiger partial charge in [0, 0.05) is 19.5 Å². The number of nitrogens with zero attached hydrogens (tertiary/aromatic N) is 1. The van der Waals surface area contributed by atoms with Crippen molar-refractivity contribution in [1.82, 2.24) is 15.5 Å². The summed E-state index contributed by atoms with van der Waals surface area (Å²) in [5.74, 6) is -1.49. The van der Waals surface area contributed by atoms with Crippen LogP contribution in [-0.2, 0) is 19.1 Å². The molecule has 2 unspecified atom stereocenters. The summed E-state index contributed by atoms with van der Waals surface area (Å²) in [6.07, 6.45) is 3.34. The van der Waals surface area contributed by atoms with Crippen LogP contribution < -0.4 is 16.4 Å². The molecule has 0 heterocycles. The monoisotopic (exact) mass is 516 g/mol. The van der Waals surface area contributed by atoms with Gasteiger partial charge in [0.1, 0.15) is 17.7 Å². The second-order valence-electron chi connectivity index (χ2n) is 10.2. The fourth-order valence-electron chi connectivity index (χ4n) is 3.75. The minimum atomic E-state index is -1.13. The van der Waals surface area contributed by atoms with Crippen molar-refractivity contribution in [3.05, 3.63) is 47.5 Å². The topological polar surface area (TPSA) is 131 Å². The van der Waals surface area contributed by atoms with Crippen LogP contribution in [-0.4, -0.2) is 53.4 Å². The molecule has 1 rings (SSSR count). The minimum Gasteiger partial charge on any atom is -0.444 e. The van der Waals surface area contributed by atoms with Crippen LogP contribution in [0.25, 0.3) is 0 Å². The molecule has 37 heavy (non-hydrogen) atoms. The number of carbonyl (C=O) groups excluding carboxylic acids is 4. The Labute approximate surface area is 221 Å². The van der Waals surface area contributed by atoms with Crippen molar-refractivity contribution >= 4 is 23.8 Å². The number of alkyl carbamates (subject to hydrolysis) is 1. The fourth-order valence-corrected chi connectivity index (χ4v) is 3.75. The van der Waals surface area contributed by atoms with Gasteiger partial charge in [-0.25, -0.2) is 4.79 Å². The number of ether oxygens (including phenoxy) is 1. The van der Waals surface area contributed by atoms with Gasteiger partial charge in [0.2, 0.25) is 17.7 Å². The molecule has 0 aromatic heterocycles. The molecule has 4 N–H and O–H groups in total. The highest BCUT2D eigenvalue weighted by atomic mass is 16.6. The first-order valence-electron chi connectivity index (χ1n) is 12.8. The molecule has 9 nitrogen and oxygen atoms in total. The van der Waals surface area contributed by atoms with E-state index in [9.17, 15) is 19.2 Å². The number of amides is 4. The van der Waals surface area contributed by atoms with E-state index in [0.29, 0.717) is 12.1 Å². The van der Waals surface area contributed by atoms with Crippen molar-refractivity contribution in [3.63, 3.8) is 0 Å². The van der Waals surface area contributed by atoms with Gasteiger partial charge in [-0.1, -0.05) is 44.0 Å². The number of rotatable bonds is 14. The van der Waals surface area contributed by atoms with E-state index in [4.69, 9.17) is 10.5 Å². The van der Waals surface area contributed by atoms with Crippen LogP contribution in [0.1, 0.15) is 82.5 Å². The lowest BCUT2D eigenvalue weighted by Gasteiger charge is -2.34. The van der Waals surface area contributed by atoms with Gasteiger partial charge in [-0.05, 0) is 64.2 Å². The standard InChI is InChI=1S/C28H44N4O5/c1-8-10-11-16-30-25(34)24(21-13-12-19(3)20(4)18-21)32(17-9-2)26(35)22(14-15-23(29)33)31-27(36)37-28(5,6)7/h9,12-13,18,22,24H,2,8,10-11,14-17H2,1,3-7H3,(H2,29,33)(H,30,34)(H,31,36). The van der Waals surface area contributed by atoms with Gasteiger partial charge in [-0.2, -0.15) is 0 Å². The highest BCUT2D eigenvalue weighted by molar-refractivity contribution is 5.92. The van der Waals surface area contributed by atoms with Crippen molar-refractivity contribution in [3.8, 4) is 0 Å². The van der Waals surface area contributed by atoms with Gasteiger partial charge in [0.25, 0.3) is 0 Å². The Morgan fingerprint density at radius 1 is 1.14 bits per heavy atom. The molecule has 9 heteroatoms. The van der Waals surface area contributed by atoms with Crippen LogP contribution in [0.3, 0.4) is 0 Å². The molecule has 1 aromatic carbocycles. The van der Waals surface area contributed by atoms with Crippen LogP contribution >= 0.6 is 0 Å². The maximum absolute atomic E-state index is 13.9. The van der Waals surface area contributed by atoms with Crippen molar-refractivity contribution in [2.45, 2.75) is 91.3 Å². The molecule has 0 aliphatic rings. The zero-order valence-corrected chi connectivity index (χ0v) is 23.2. The molecule has 206 valence electrons. The van der Waals surface area contributed by atoms with Gasteiger partial charge in [0.15, 0.2) is 0 Å². The smallest absolute Gasteiger partial charge is 0.408 e. The lowest BCUT2D eigenvalue weighted by molar-refractivity contribution is -0.142. The first-order valence-corrected chi connectivity index (χ1v) is 12.8. The number of benzene rings is 1. The molecule has 0 aliphatic carbocycles. The summed E-state index contributed by atoms with van der Waals surface area (Å²) in [4.78, 5) is 52.8. The number of primary amides is 1. The predicted octanol–water partition coefficient (Wildman–Crippen LogP) is 3.82. The van der Waals surface area contributed by atoms with Crippen molar-refractivity contribution in [2.75, 3.05) is 13.1 Å². The molecule has 2 atom stereocenters. The van der Waals surface area contributed by atoms with Crippen molar-refractivity contribution in [1.29, 1.82) is 0 Å². The Balaban J connectivity index is 3.43. The summed E-state index contributed by atoms with van der Waals surface area (Å²) in [7, 11) is 0. The molecule has 0 spiro atoms. The summed E-state index contributed by atoms with van der Waals surface area (Å²) < 4.78 is 5.33. The molecule has 0 bridgehead atoms. The average molecular weight is 517 g/mol. The van der Waals surface area contributed by atoms with Crippen molar-refractivity contribution < 1.29 is 23.9 Å². The molecule has 0 saturated heterocycles. The molecule has 0 radical (unpaired) electrons. The SMILES string of the molecule is C=CCN(C(=O)C(CCC(N)=O)NC(=O)OC(C)(C)C)C(C(=O)NCCCCC)c1ccc(C)c(C)c1. The van der Waals surface area contributed by atoms with E-state index >= 15 is 0 Å². The Morgan fingerprint density at radius 3 is 2.35 bits per heavy atom. The summed E-state index contributed by atoms with van der Waals surface area (Å²) in [6.45, 7) is 15.4. The Morgan fingerprint density at radius 2 is 1.81 bits per heavy atom. The van der Waals surface area contributed by atoms with E-state index in [2.05, 4.69) is 24.1 Å². The van der Waals surface area contributed by atoms with Crippen molar-refractivity contribution in [2.24, 2.45) is 5.73 Å². The van der Waals surface area contributed by atoms with Crippen LogP contribution in [0.2, 0.25) is 0 Å². The number of hydrogen-bond acceptors (Lipinski definition) is 5. The largest absolute Gasteiger partial charge is 0.444 e. The minimum absolute atomic E-state index is 0.0428. The van der Waals surface area contributed by atoms with E-state index in [1.165, 1.54) is 11.0 Å². The lowest BCUT2D eigenvalue weighted by atomic mass is 9.97. The van der Waals surface area contributed by atoms with E-state index in [0.717, 1.165) is 30.4 Å². The Bertz CT molecular complexity index is 954. The second-order valence-corrected chi connectivity index (χ2v) is 10.2. The zero-order chi connectivity index (χ0) is 28.2. The van der Waals surface area contributed by atoms with Crippen LogP contribution in [0.4, 0.5) is 4.79 Å². The summed E-state index contributed by atoms with van der Waals surface area (Å²) in [5.41, 5.74) is 7.21. The van der Waals surface area contributed by atoms with Gasteiger partial charge >= 0.3 is 6.09 Å². The number of hydrogen-bond donors (Lipinski definition) is 3. The normalized spacial score (nSPS) is 12.7. The quantitative estimate of drug-likeness (QED) is 0.256. The first-order chi connectivity index (χ1) is 17.3. The zero-order valence-electron chi connectivity index (χ0n) is 23.2. The Kier molecular flexibility index (Phi) is 12.9. The third kappa shape index (κ3) is 11.1. The highest BCUT2D eigenvalue weighted by Gasteiger charge is 2.36. The maximum atomic E-state index is 13.9. The third-order valence-electron chi connectivity index (χ3n) is 5.76. The molecule has 0 fully saturated rings. The van der Waals surface area contributed by atoms with Gasteiger partial charge < -0.3 is 26.0 Å². The molecule has 4 amide bonds. The Hall–Kier alpha value is -3.36. The van der Waals surface area contributed by atoms with Gasteiger partial charge in [-0.3, -0.25) is 14.4 Å². The fraction of sp³-hybridized carbons (Fsp3) is 0.571. The van der Waals surface area contributed by atoms with E-state index in [1.807, 2.05) is 32.0 Å². The molecule has 0 aliphatic heterocycles. The maximum Gasteiger partial charge on any atom is 0.408 e. The lowest BCUT2D eigenvalue weighted by Crippen LogP contribution is -2.53. The van der Waals surface area contributed by atoms with E-state index < -0.39 is 35.6 Å². The second kappa shape index (κ2) is 15.0. The number of unbranched alkanes of at least 4 members (excludes halogenated alkanes) is 2. The molecular formula is C28H44N4O5. The van der Waals surface area contributed by atoms with Crippen LogP contribution in [0.15, 0.2) is 30.9 Å². The highest BCUT2D eigenvalue weighted by Crippen LogP contribution is 2.25. The predicted molar refractivity (Wildman–Crippen MR) is 145 cm³/mol. The summed E-state index contributed by atoms with van der Waals surface area (Å²) in [5, 5.41) is 5.52. The van der Waals surface area contributed by atoms with Crippen LogP contribution in [0, 0.1) is 13.8 Å². The molecule has 1 aromatic rings. The van der Waals surface area contributed by atoms with Gasteiger partial charge in [0.05, 0.1) is 0 Å². The third-order valence-corrected chi connectivity index (χ3v) is 5.76.